The molecule has 2 aromatic carbocycles. The van der Waals surface area contributed by atoms with Gasteiger partial charge in [-0.3, -0.25) is 9.59 Å². The summed E-state index contributed by atoms with van der Waals surface area (Å²) in [6.45, 7) is 4.96. The number of rotatable bonds is 6. The van der Waals surface area contributed by atoms with E-state index in [4.69, 9.17) is 0 Å². The highest BCUT2D eigenvalue weighted by Gasteiger charge is 2.26. The fraction of sp³-hybridized carbons (Fsp3) is 0.391. The standard InChI is InChI=1S/C23H28N2O2/c1-3-17(2)22(18-10-5-4-6-11-18)23(27)24-19-12-9-13-20(16-19)25-15-8-7-14-21(25)26/h4-6,9-13,16-17,22H,3,7-8,14-15H2,1-2H3,(H,24,27). The van der Waals surface area contributed by atoms with Crippen LogP contribution in [0.4, 0.5) is 11.4 Å². The van der Waals surface area contributed by atoms with Gasteiger partial charge in [-0.1, -0.05) is 56.7 Å². The first-order valence-electron chi connectivity index (χ1n) is 9.86. The molecule has 1 saturated heterocycles. The summed E-state index contributed by atoms with van der Waals surface area (Å²) in [6.07, 6.45) is 3.50. The summed E-state index contributed by atoms with van der Waals surface area (Å²) in [6, 6.07) is 17.6. The minimum atomic E-state index is -0.198. The lowest BCUT2D eigenvalue weighted by Crippen LogP contribution is -2.35. The van der Waals surface area contributed by atoms with Crippen molar-refractivity contribution < 1.29 is 9.59 Å². The Kier molecular flexibility index (Phi) is 6.28. The van der Waals surface area contributed by atoms with Crippen LogP contribution in [-0.4, -0.2) is 18.4 Å². The molecule has 4 heteroatoms. The number of hydrogen-bond donors (Lipinski definition) is 1. The van der Waals surface area contributed by atoms with E-state index >= 15 is 0 Å². The highest BCUT2D eigenvalue weighted by atomic mass is 16.2. The number of piperidine rings is 1. The number of anilines is 2. The highest BCUT2D eigenvalue weighted by molar-refractivity contribution is 5.98. The molecule has 0 bridgehead atoms. The summed E-state index contributed by atoms with van der Waals surface area (Å²) < 4.78 is 0. The monoisotopic (exact) mass is 364 g/mol. The molecule has 4 nitrogen and oxygen atoms in total. The second-order valence-electron chi connectivity index (χ2n) is 7.32. The zero-order valence-corrected chi connectivity index (χ0v) is 16.2. The van der Waals surface area contributed by atoms with E-state index in [1.165, 1.54) is 0 Å². The summed E-state index contributed by atoms with van der Waals surface area (Å²) in [5, 5.41) is 3.07. The molecule has 0 aliphatic carbocycles. The Morgan fingerprint density at radius 2 is 1.89 bits per heavy atom. The quantitative estimate of drug-likeness (QED) is 0.786. The van der Waals surface area contributed by atoms with Crippen molar-refractivity contribution in [2.45, 2.75) is 45.4 Å². The second kappa shape index (κ2) is 8.85. The van der Waals surface area contributed by atoms with Gasteiger partial charge < -0.3 is 10.2 Å². The van der Waals surface area contributed by atoms with Gasteiger partial charge in [0.05, 0.1) is 5.92 Å². The van der Waals surface area contributed by atoms with Crippen molar-refractivity contribution in [2.75, 3.05) is 16.8 Å². The van der Waals surface area contributed by atoms with Gasteiger partial charge in [0, 0.05) is 24.3 Å². The molecule has 1 N–H and O–H groups in total. The zero-order chi connectivity index (χ0) is 19.2. The van der Waals surface area contributed by atoms with Crippen LogP contribution in [0.3, 0.4) is 0 Å². The number of hydrogen-bond acceptors (Lipinski definition) is 2. The van der Waals surface area contributed by atoms with Crippen molar-refractivity contribution in [1.82, 2.24) is 0 Å². The van der Waals surface area contributed by atoms with Gasteiger partial charge in [0.15, 0.2) is 0 Å². The van der Waals surface area contributed by atoms with Crippen LogP contribution in [-0.2, 0) is 9.59 Å². The molecule has 2 unspecified atom stereocenters. The minimum absolute atomic E-state index is 0.00216. The molecule has 2 aromatic rings. The van der Waals surface area contributed by atoms with Crippen molar-refractivity contribution >= 4 is 23.2 Å². The van der Waals surface area contributed by atoms with Gasteiger partial charge >= 0.3 is 0 Å². The van der Waals surface area contributed by atoms with Crippen molar-refractivity contribution in [1.29, 1.82) is 0 Å². The molecule has 27 heavy (non-hydrogen) atoms. The molecule has 0 radical (unpaired) electrons. The van der Waals surface area contributed by atoms with E-state index in [0.717, 1.165) is 42.7 Å². The van der Waals surface area contributed by atoms with E-state index in [1.54, 1.807) is 0 Å². The zero-order valence-electron chi connectivity index (χ0n) is 16.2. The second-order valence-corrected chi connectivity index (χ2v) is 7.32. The van der Waals surface area contributed by atoms with E-state index < -0.39 is 0 Å². The van der Waals surface area contributed by atoms with Gasteiger partial charge in [0.1, 0.15) is 0 Å². The maximum Gasteiger partial charge on any atom is 0.232 e. The Bertz CT molecular complexity index is 788. The Balaban J connectivity index is 1.80. The fourth-order valence-corrected chi connectivity index (χ4v) is 3.68. The van der Waals surface area contributed by atoms with Crippen LogP contribution >= 0.6 is 0 Å². The lowest BCUT2D eigenvalue weighted by atomic mass is 9.85. The molecule has 0 aromatic heterocycles. The molecular weight excluding hydrogens is 336 g/mol. The molecule has 0 spiro atoms. The van der Waals surface area contributed by atoms with Crippen LogP contribution < -0.4 is 10.2 Å². The fourth-order valence-electron chi connectivity index (χ4n) is 3.68. The summed E-state index contributed by atoms with van der Waals surface area (Å²) in [5.41, 5.74) is 2.63. The Morgan fingerprint density at radius 3 is 2.59 bits per heavy atom. The first-order valence-corrected chi connectivity index (χ1v) is 9.86. The third kappa shape index (κ3) is 4.57. The van der Waals surface area contributed by atoms with Gasteiger partial charge in [-0.25, -0.2) is 0 Å². The normalized spacial score (nSPS) is 16.7. The van der Waals surface area contributed by atoms with Crippen molar-refractivity contribution in [3.8, 4) is 0 Å². The SMILES string of the molecule is CCC(C)C(C(=O)Nc1cccc(N2CCCCC2=O)c1)c1ccccc1. The van der Waals surface area contributed by atoms with Crippen LogP contribution in [0, 0.1) is 5.92 Å². The topological polar surface area (TPSA) is 49.4 Å². The predicted molar refractivity (Wildman–Crippen MR) is 110 cm³/mol. The predicted octanol–water partition coefficient (Wildman–Crippen LogP) is 4.97. The third-order valence-corrected chi connectivity index (χ3v) is 5.40. The lowest BCUT2D eigenvalue weighted by molar-refractivity contribution is -0.120. The first kappa shape index (κ1) is 19.2. The lowest BCUT2D eigenvalue weighted by Gasteiger charge is -2.27. The number of carbonyl (C=O) groups excluding carboxylic acids is 2. The number of nitrogens with one attached hydrogen (secondary N) is 1. The Morgan fingerprint density at radius 1 is 1.11 bits per heavy atom. The van der Waals surface area contributed by atoms with Crippen LogP contribution in [0.5, 0.6) is 0 Å². The molecule has 1 fully saturated rings. The van der Waals surface area contributed by atoms with Gasteiger partial charge in [-0.05, 0) is 42.5 Å². The summed E-state index contributed by atoms with van der Waals surface area (Å²) in [7, 11) is 0. The largest absolute Gasteiger partial charge is 0.325 e. The number of nitrogens with zero attached hydrogens (tertiary/aromatic N) is 1. The molecule has 2 amide bonds. The molecule has 0 saturated carbocycles. The minimum Gasteiger partial charge on any atom is -0.325 e. The average molecular weight is 364 g/mol. The van der Waals surface area contributed by atoms with E-state index in [9.17, 15) is 9.59 Å². The number of benzene rings is 2. The van der Waals surface area contributed by atoms with Crippen LogP contribution in [0.1, 0.15) is 51.0 Å². The van der Waals surface area contributed by atoms with Gasteiger partial charge in [0.2, 0.25) is 11.8 Å². The maximum atomic E-state index is 13.1. The molecular formula is C23H28N2O2. The summed E-state index contributed by atoms with van der Waals surface area (Å²) in [5.74, 6) is 0.194. The van der Waals surface area contributed by atoms with E-state index in [-0.39, 0.29) is 23.7 Å². The van der Waals surface area contributed by atoms with Crippen molar-refractivity contribution in [3.63, 3.8) is 0 Å². The Hall–Kier alpha value is -2.62. The van der Waals surface area contributed by atoms with Gasteiger partial charge in [0.25, 0.3) is 0 Å². The van der Waals surface area contributed by atoms with Crippen LogP contribution in [0.2, 0.25) is 0 Å². The number of carbonyl (C=O) groups is 2. The molecule has 2 atom stereocenters. The first-order chi connectivity index (χ1) is 13.1. The van der Waals surface area contributed by atoms with E-state index in [2.05, 4.69) is 19.2 Å². The Labute approximate surface area is 161 Å². The van der Waals surface area contributed by atoms with Crippen LogP contribution in [0.15, 0.2) is 54.6 Å². The van der Waals surface area contributed by atoms with Gasteiger partial charge in [-0.2, -0.15) is 0 Å². The molecule has 3 rings (SSSR count). The summed E-state index contributed by atoms with van der Waals surface area (Å²) in [4.78, 5) is 27.1. The summed E-state index contributed by atoms with van der Waals surface area (Å²) >= 11 is 0. The number of amides is 2. The highest BCUT2D eigenvalue weighted by Crippen LogP contribution is 2.29. The van der Waals surface area contributed by atoms with Gasteiger partial charge in [-0.15, -0.1) is 0 Å². The van der Waals surface area contributed by atoms with E-state index in [0.29, 0.717) is 6.42 Å². The maximum absolute atomic E-state index is 13.1. The van der Waals surface area contributed by atoms with Crippen molar-refractivity contribution in [3.05, 3.63) is 60.2 Å². The molecule has 1 aliphatic heterocycles. The average Bonchev–Trinajstić information content (AvgIpc) is 2.69. The molecule has 142 valence electrons. The third-order valence-electron chi connectivity index (χ3n) is 5.40. The molecule has 1 aliphatic rings. The van der Waals surface area contributed by atoms with Crippen molar-refractivity contribution in [2.24, 2.45) is 5.92 Å². The van der Waals surface area contributed by atoms with Crippen LogP contribution in [0.25, 0.3) is 0 Å². The molecule has 1 heterocycles. The smallest absolute Gasteiger partial charge is 0.232 e. The van der Waals surface area contributed by atoms with E-state index in [1.807, 2.05) is 59.5 Å².